The number of anilines is 3. The van der Waals surface area contributed by atoms with E-state index in [1.165, 1.54) is 11.3 Å². The lowest BCUT2D eigenvalue weighted by Gasteiger charge is -2.05. The van der Waals surface area contributed by atoms with Crippen LogP contribution >= 0.6 is 22.9 Å². The zero-order chi connectivity index (χ0) is 13.8. The average molecular weight is 297 g/mol. The van der Waals surface area contributed by atoms with E-state index in [9.17, 15) is 4.79 Å². The number of nitrogens with one attached hydrogen (secondary N) is 2. The van der Waals surface area contributed by atoms with E-state index in [0.717, 1.165) is 6.54 Å². The van der Waals surface area contributed by atoms with E-state index in [4.69, 9.17) is 17.3 Å². The van der Waals surface area contributed by atoms with Gasteiger partial charge >= 0.3 is 0 Å². The molecule has 0 atom stereocenters. The van der Waals surface area contributed by atoms with Crippen LogP contribution in [0.25, 0.3) is 0 Å². The highest BCUT2D eigenvalue weighted by Gasteiger charge is 2.16. The van der Waals surface area contributed by atoms with E-state index in [1.807, 2.05) is 6.92 Å². The third-order valence-corrected chi connectivity index (χ3v) is 3.67. The number of nitrogen functional groups attached to an aromatic ring is 1. The Balaban J connectivity index is 2.18. The molecule has 0 aliphatic heterocycles. The maximum Gasteiger partial charge on any atom is 0.269 e. The van der Waals surface area contributed by atoms with Crippen molar-refractivity contribution in [1.29, 1.82) is 0 Å². The number of carbonyl (C=O) groups is 1. The van der Waals surface area contributed by atoms with Crippen molar-refractivity contribution < 1.29 is 4.79 Å². The molecule has 0 fully saturated rings. The largest absolute Gasteiger partial charge is 0.382 e. The number of halogens is 1. The summed E-state index contributed by atoms with van der Waals surface area (Å²) in [6, 6.07) is 7.02. The normalized spacial score (nSPS) is 10.2. The second kappa shape index (κ2) is 5.90. The first-order valence-electron chi connectivity index (χ1n) is 5.68. The molecule has 5 nitrogen and oxygen atoms in total. The first-order chi connectivity index (χ1) is 9.11. The number of hydrogen-bond donors (Lipinski definition) is 3. The Morgan fingerprint density at radius 1 is 1.47 bits per heavy atom. The lowest BCUT2D eigenvalue weighted by Crippen LogP contribution is -2.12. The Morgan fingerprint density at radius 3 is 2.89 bits per heavy atom. The van der Waals surface area contributed by atoms with Gasteiger partial charge in [0.25, 0.3) is 5.91 Å². The summed E-state index contributed by atoms with van der Waals surface area (Å²) in [4.78, 5) is 16.5. The van der Waals surface area contributed by atoms with Crippen LogP contribution in [0.5, 0.6) is 0 Å². The Labute approximate surface area is 119 Å². The summed E-state index contributed by atoms with van der Waals surface area (Å²) in [7, 11) is 0. The topological polar surface area (TPSA) is 80.0 Å². The van der Waals surface area contributed by atoms with Gasteiger partial charge in [-0.25, -0.2) is 4.98 Å². The summed E-state index contributed by atoms with van der Waals surface area (Å²) < 4.78 is 0. The van der Waals surface area contributed by atoms with Crippen LogP contribution in [0.2, 0.25) is 5.02 Å². The average Bonchev–Trinajstić information content (AvgIpc) is 2.74. The van der Waals surface area contributed by atoms with Gasteiger partial charge < -0.3 is 16.4 Å². The summed E-state index contributed by atoms with van der Waals surface area (Å²) in [5.41, 5.74) is 6.28. The number of amides is 1. The fourth-order valence-corrected chi connectivity index (χ4v) is 2.49. The second-order valence-electron chi connectivity index (χ2n) is 3.70. The van der Waals surface area contributed by atoms with Crippen LogP contribution in [0, 0.1) is 0 Å². The molecule has 0 aliphatic rings. The van der Waals surface area contributed by atoms with Gasteiger partial charge in [0, 0.05) is 6.54 Å². The van der Waals surface area contributed by atoms with Crippen molar-refractivity contribution in [2.45, 2.75) is 6.92 Å². The van der Waals surface area contributed by atoms with Crippen LogP contribution in [0.1, 0.15) is 16.6 Å². The number of para-hydroxylation sites is 1. The smallest absolute Gasteiger partial charge is 0.269 e. The zero-order valence-corrected chi connectivity index (χ0v) is 11.8. The van der Waals surface area contributed by atoms with Crippen LogP contribution in [-0.2, 0) is 0 Å². The highest BCUT2D eigenvalue weighted by Crippen LogP contribution is 2.27. The minimum absolute atomic E-state index is 0.213. The molecule has 4 N–H and O–H groups in total. The highest BCUT2D eigenvalue weighted by atomic mass is 35.5. The van der Waals surface area contributed by atoms with Crippen molar-refractivity contribution in [3.63, 3.8) is 0 Å². The van der Waals surface area contributed by atoms with Gasteiger partial charge in [0.15, 0.2) is 5.13 Å². The molecule has 0 saturated heterocycles. The number of thiazole rings is 1. The molecule has 7 heteroatoms. The van der Waals surface area contributed by atoms with E-state index in [-0.39, 0.29) is 11.7 Å². The fraction of sp³-hybridized carbons (Fsp3) is 0.167. The SMILES string of the molecule is CCNc1nc(N)c(C(=O)Nc2ccccc2Cl)s1. The number of nitrogens with two attached hydrogens (primary N) is 1. The molecule has 0 saturated carbocycles. The molecule has 1 aromatic heterocycles. The third kappa shape index (κ3) is 3.15. The number of nitrogens with zero attached hydrogens (tertiary/aromatic N) is 1. The van der Waals surface area contributed by atoms with E-state index in [2.05, 4.69) is 15.6 Å². The molecule has 2 rings (SSSR count). The van der Waals surface area contributed by atoms with E-state index in [1.54, 1.807) is 24.3 Å². The maximum absolute atomic E-state index is 12.1. The van der Waals surface area contributed by atoms with Crippen molar-refractivity contribution in [3.05, 3.63) is 34.2 Å². The van der Waals surface area contributed by atoms with Gasteiger partial charge in [-0.05, 0) is 19.1 Å². The van der Waals surface area contributed by atoms with Crippen LogP contribution in [0.15, 0.2) is 24.3 Å². The molecule has 0 unspecified atom stereocenters. The van der Waals surface area contributed by atoms with Crippen molar-refractivity contribution >= 4 is 45.5 Å². The minimum atomic E-state index is -0.313. The molecular weight excluding hydrogens is 284 g/mol. The van der Waals surface area contributed by atoms with Crippen molar-refractivity contribution in [2.24, 2.45) is 0 Å². The summed E-state index contributed by atoms with van der Waals surface area (Å²) in [5, 5.41) is 6.84. The van der Waals surface area contributed by atoms with Crippen LogP contribution < -0.4 is 16.4 Å². The molecule has 100 valence electrons. The van der Waals surface area contributed by atoms with Gasteiger partial charge in [-0.3, -0.25) is 4.79 Å². The molecule has 1 aromatic carbocycles. The highest BCUT2D eigenvalue weighted by molar-refractivity contribution is 7.18. The van der Waals surface area contributed by atoms with Crippen LogP contribution in [0.3, 0.4) is 0 Å². The van der Waals surface area contributed by atoms with E-state index in [0.29, 0.717) is 20.7 Å². The van der Waals surface area contributed by atoms with Gasteiger partial charge in [0.1, 0.15) is 10.7 Å². The number of carbonyl (C=O) groups excluding carboxylic acids is 1. The summed E-state index contributed by atoms with van der Waals surface area (Å²) >= 11 is 7.19. The van der Waals surface area contributed by atoms with Crippen LogP contribution in [0.4, 0.5) is 16.6 Å². The summed E-state index contributed by atoms with van der Waals surface area (Å²) in [6.45, 7) is 2.67. The Hall–Kier alpha value is -1.79. The molecule has 0 bridgehead atoms. The Morgan fingerprint density at radius 2 is 2.21 bits per heavy atom. The quantitative estimate of drug-likeness (QED) is 0.810. The fourth-order valence-electron chi connectivity index (χ4n) is 1.46. The van der Waals surface area contributed by atoms with Crippen LogP contribution in [-0.4, -0.2) is 17.4 Å². The predicted octanol–water partition coefficient (Wildman–Crippen LogP) is 3.06. The second-order valence-corrected chi connectivity index (χ2v) is 5.10. The zero-order valence-electron chi connectivity index (χ0n) is 10.2. The molecular formula is C12H13ClN4OS. The number of aromatic nitrogens is 1. The molecule has 1 heterocycles. The summed E-state index contributed by atoms with van der Waals surface area (Å²) in [6.07, 6.45) is 0. The molecule has 1 amide bonds. The monoisotopic (exact) mass is 296 g/mol. The van der Waals surface area contributed by atoms with Gasteiger partial charge in [0.2, 0.25) is 0 Å². The molecule has 0 spiro atoms. The minimum Gasteiger partial charge on any atom is -0.382 e. The molecule has 2 aromatic rings. The van der Waals surface area contributed by atoms with E-state index >= 15 is 0 Å². The predicted molar refractivity (Wildman–Crippen MR) is 80.1 cm³/mol. The van der Waals surface area contributed by atoms with Gasteiger partial charge in [-0.2, -0.15) is 0 Å². The van der Waals surface area contributed by atoms with Crippen molar-refractivity contribution in [1.82, 2.24) is 4.98 Å². The lowest BCUT2D eigenvalue weighted by molar-refractivity contribution is 0.103. The first-order valence-corrected chi connectivity index (χ1v) is 6.87. The van der Waals surface area contributed by atoms with Crippen molar-refractivity contribution in [3.8, 4) is 0 Å². The van der Waals surface area contributed by atoms with Gasteiger partial charge in [-0.1, -0.05) is 35.1 Å². The lowest BCUT2D eigenvalue weighted by atomic mass is 10.3. The molecule has 0 aliphatic carbocycles. The summed E-state index contributed by atoms with van der Waals surface area (Å²) in [5.74, 6) is -0.0993. The number of benzene rings is 1. The Bertz CT molecular complexity index is 599. The first kappa shape index (κ1) is 13.6. The van der Waals surface area contributed by atoms with Gasteiger partial charge in [-0.15, -0.1) is 0 Å². The standard InChI is InChI=1S/C12H13ClN4OS/c1-2-15-12-17-10(14)9(19-12)11(18)16-8-6-4-3-5-7(8)13/h3-6H,2,14H2,1H3,(H,15,17)(H,16,18). The molecule has 19 heavy (non-hydrogen) atoms. The number of rotatable bonds is 4. The van der Waals surface area contributed by atoms with E-state index < -0.39 is 0 Å². The Kier molecular flexibility index (Phi) is 4.24. The third-order valence-electron chi connectivity index (χ3n) is 2.31. The molecule has 0 radical (unpaired) electrons. The van der Waals surface area contributed by atoms with Gasteiger partial charge in [0.05, 0.1) is 10.7 Å². The number of hydrogen-bond acceptors (Lipinski definition) is 5. The maximum atomic E-state index is 12.1. The van der Waals surface area contributed by atoms with Crippen molar-refractivity contribution in [2.75, 3.05) is 22.9 Å².